The summed E-state index contributed by atoms with van der Waals surface area (Å²) in [4.78, 5) is 14.5. The number of aryl methyl sites for hydroxylation is 1. The van der Waals surface area contributed by atoms with Gasteiger partial charge in [-0.2, -0.15) is 0 Å². The van der Waals surface area contributed by atoms with Crippen LogP contribution in [0.2, 0.25) is 5.02 Å². The third-order valence-corrected chi connectivity index (χ3v) is 3.74. The first kappa shape index (κ1) is 14.7. The molecule has 0 aliphatic carbocycles. The minimum Gasteiger partial charge on any atom is -0.491 e. The Balaban J connectivity index is 2.15. The van der Waals surface area contributed by atoms with Gasteiger partial charge in [-0.15, -0.1) is 0 Å². The van der Waals surface area contributed by atoms with Crippen LogP contribution in [0.25, 0.3) is 22.2 Å². The number of fused-ring (bicyclic) bond motifs is 1. The largest absolute Gasteiger partial charge is 0.491 e. The molecule has 1 heterocycles. The van der Waals surface area contributed by atoms with Crippen molar-refractivity contribution >= 4 is 22.6 Å². The van der Waals surface area contributed by atoms with E-state index in [1.165, 1.54) is 0 Å². The Kier molecular flexibility index (Phi) is 3.92. The second kappa shape index (κ2) is 5.87. The number of aliphatic hydroxyl groups excluding tert-OH is 1. The first-order valence-electron chi connectivity index (χ1n) is 6.82. The van der Waals surface area contributed by atoms with E-state index in [9.17, 15) is 4.79 Å². The highest BCUT2D eigenvalue weighted by Gasteiger charge is 2.10. The van der Waals surface area contributed by atoms with Gasteiger partial charge >= 0.3 is 5.69 Å². The van der Waals surface area contributed by atoms with Crippen LogP contribution in [-0.4, -0.2) is 27.9 Å². The summed E-state index contributed by atoms with van der Waals surface area (Å²) in [5.41, 5.74) is 3.12. The number of hydrogen-bond acceptors (Lipinski definition) is 3. The lowest BCUT2D eigenvalue weighted by atomic mass is 10.0. The highest BCUT2D eigenvalue weighted by molar-refractivity contribution is 6.31. The van der Waals surface area contributed by atoms with E-state index in [1.807, 2.05) is 18.2 Å². The average molecular weight is 319 g/mol. The standard InChI is InChI=1S/C16H15ClN2O3/c1-19-14-8-10(2-4-13(14)18-16(19)21)12-9-11(17)3-5-15(12)22-7-6-20/h2-5,8-9,20H,6-7H2,1H3,(H,18,21). The minimum absolute atomic E-state index is 0.0621. The molecule has 2 N–H and O–H groups in total. The Labute approximate surface area is 131 Å². The van der Waals surface area contributed by atoms with Gasteiger partial charge in [0, 0.05) is 17.6 Å². The van der Waals surface area contributed by atoms with Gasteiger partial charge in [-0.05, 0) is 35.9 Å². The van der Waals surface area contributed by atoms with E-state index in [0.717, 1.165) is 22.2 Å². The van der Waals surface area contributed by atoms with Crippen molar-refractivity contribution in [1.29, 1.82) is 0 Å². The number of aromatic nitrogens is 2. The number of nitrogens with one attached hydrogen (secondary N) is 1. The monoisotopic (exact) mass is 318 g/mol. The van der Waals surface area contributed by atoms with E-state index < -0.39 is 0 Å². The Hall–Kier alpha value is -2.24. The van der Waals surface area contributed by atoms with Crippen molar-refractivity contribution < 1.29 is 9.84 Å². The smallest absolute Gasteiger partial charge is 0.326 e. The Bertz CT molecular complexity index is 883. The lowest BCUT2D eigenvalue weighted by molar-refractivity contribution is 0.202. The van der Waals surface area contributed by atoms with Crippen LogP contribution in [0.1, 0.15) is 0 Å². The van der Waals surface area contributed by atoms with Gasteiger partial charge in [0.1, 0.15) is 12.4 Å². The van der Waals surface area contributed by atoms with E-state index in [-0.39, 0.29) is 18.9 Å². The summed E-state index contributed by atoms with van der Waals surface area (Å²) < 4.78 is 7.11. The molecule has 0 fully saturated rings. The fourth-order valence-corrected chi connectivity index (χ4v) is 2.57. The molecule has 0 amide bonds. The number of imidazole rings is 1. The number of aromatic amines is 1. The fraction of sp³-hybridized carbons (Fsp3) is 0.188. The van der Waals surface area contributed by atoms with Gasteiger partial charge in [-0.25, -0.2) is 4.79 Å². The van der Waals surface area contributed by atoms with Gasteiger partial charge in [0.15, 0.2) is 0 Å². The molecule has 0 aliphatic rings. The SMILES string of the molecule is Cn1c(=O)[nH]c2ccc(-c3cc(Cl)ccc3OCCO)cc21. The van der Waals surface area contributed by atoms with Gasteiger partial charge in [-0.1, -0.05) is 17.7 Å². The zero-order chi connectivity index (χ0) is 15.7. The zero-order valence-electron chi connectivity index (χ0n) is 12.0. The van der Waals surface area contributed by atoms with Crippen molar-refractivity contribution in [2.45, 2.75) is 0 Å². The number of rotatable bonds is 4. The summed E-state index contributed by atoms with van der Waals surface area (Å²) in [6.07, 6.45) is 0. The third kappa shape index (κ3) is 2.61. The van der Waals surface area contributed by atoms with Crippen LogP contribution in [-0.2, 0) is 7.05 Å². The molecule has 0 spiro atoms. The lowest BCUT2D eigenvalue weighted by Gasteiger charge is -2.11. The fourth-order valence-electron chi connectivity index (χ4n) is 2.40. The van der Waals surface area contributed by atoms with Crippen LogP contribution >= 0.6 is 11.6 Å². The molecule has 0 bridgehead atoms. The molecule has 0 saturated heterocycles. The molecule has 3 aromatic rings. The average Bonchev–Trinajstić information content (AvgIpc) is 2.80. The van der Waals surface area contributed by atoms with Crippen molar-refractivity contribution in [3.63, 3.8) is 0 Å². The maximum Gasteiger partial charge on any atom is 0.326 e. The van der Waals surface area contributed by atoms with Crippen molar-refractivity contribution in [1.82, 2.24) is 9.55 Å². The Morgan fingerprint density at radius 2 is 2.09 bits per heavy atom. The highest BCUT2D eigenvalue weighted by atomic mass is 35.5. The van der Waals surface area contributed by atoms with Crippen molar-refractivity contribution in [3.8, 4) is 16.9 Å². The molecule has 0 unspecified atom stereocenters. The van der Waals surface area contributed by atoms with Gasteiger partial charge in [-0.3, -0.25) is 4.57 Å². The number of H-pyrrole nitrogens is 1. The number of benzene rings is 2. The number of halogens is 1. The van der Waals surface area contributed by atoms with E-state index in [2.05, 4.69) is 4.98 Å². The molecule has 114 valence electrons. The molecular formula is C16H15ClN2O3. The normalized spacial score (nSPS) is 11.0. The van der Waals surface area contributed by atoms with Gasteiger partial charge in [0.25, 0.3) is 0 Å². The minimum atomic E-state index is -0.157. The van der Waals surface area contributed by atoms with Gasteiger partial charge in [0.05, 0.1) is 17.6 Å². The Morgan fingerprint density at radius 3 is 2.86 bits per heavy atom. The molecule has 1 aromatic heterocycles. The van der Waals surface area contributed by atoms with Crippen LogP contribution in [0, 0.1) is 0 Å². The first-order valence-corrected chi connectivity index (χ1v) is 7.20. The van der Waals surface area contributed by atoms with Crippen LogP contribution in [0.3, 0.4) is 0 Å². The molecule has 0 aliphatic heterocycles. The summed E-state index contributed by atoms with van der Waals surface area (Å²) >= 11 is 6.09. The van der Waals surface area contributed by atoms with Crippen molar-refractivity contribution in [2.75, 3.05) is 13.2 Å². The molecule has 0 saturated carbocycles. The molecule has 0 radical (unpaired) electrons. The molecule has 2 aromatic carbocycles. The summed E-state index contributed by atoms with van der Waals surface area (Å²) in [6, 6.07) is 11.0. The maximum absolute atomic E-state index is 11.7. The zero-order valence-corrected chi connectivity index (χ0v) is 12.7. The van der Waals surface area contributed by atoms with Crippen molar-refractivity contribution in [2.24, 2.45) is 7.05 Å². The lowest BCUT2D eigenvalue weighted by Crippen LogP contribution is -2.11. The Morgan fingerprint density at radius 1 is 1.27 bits per heavy atom. The van der Waals surface area contributed by atoms with Crippen LogP contribution < -0.4 is 10.4 Å². The molecule has 22 heavy (non-hydrogen) atoms. The van der Waals surface area contributed by atoms with E-state index in [0.29, 0.717) is 10.8 Å². The molecular weight excluding hydrogens is 304 g/mol. The summed E-state index contributed by atoms with van der Waals surface area (Å²) in [6.45, 7) is 0.146. The molecule has 3 rings (SSSR count). The van der Waals surface area contributed by atoms with Gasteiger partial charge < -0.3 is 14.8 Å². The highest BCUT2D eigenvalue weighted by Crippen LogP contribution is 2.33. The van der Waals surface area contributed by atoms with Crippen LogP contribution in [0.5, 0.6) is 5.75 Å². The number of aliphatic hydroxyl groups is 1. The predicted molar refractivity (Wildman–Crippen MR) is 86.6 cm³/mol. The molecule has 0 atom stereocenters. The van der Waals surface area contributed by atoms with E-state index >= 15 is 0 Å². The van der Waals surface area contributed by atoms with E-state index in [4.69, 9.17) is 21.4 Å². The van der Waals surface area contributed by atoms with E-state index in [1.54, 1.807) is 29.8 Å². The summed E-state index contributed by atoms with van der Waals surface area (Å²) in [7, 11) is 1.71. The second-order valence-corrected chi connectivity index (χ2v) is 5.37. The predicted octanol–water partition coefficient (Wildman–Crippen LogP) is 2.56. The van der Waals surface area contributed by atoms with Crippen LogP contribution in [0.15, 0.2) is 41.2 Å². The summed E-state index contributed by atoms with van der Waals surface area (Å²) in [5, 5.41) is 9.52. The third-order valence-electron chi connectivity index (χ3n) is 3.51. The maximum atomic E-state index is 11.7. The second-order valence-electron chi connectivity index (χ2n) is 4.93. The number of nitrogens with zero attached hydrogens (tertiary/aromatic N) is 1. The molecule has 6 heteroatoms. The quantitative estimate of drug-likeness (QED) is 0.777. The first-order chi connectivity index (χ1) is 10.6. The summed E-state index contributed by atoms with van der Waals surface area (Å²) in [5.74, 6) is 0.637. The van der Waals surface area contributed by atoms with Crippen LogP contribution in [0.4, 0.5) is 0 Å². The number of hydrogen-bond donors (Lipinski definition) is 2. The topological polar surface area (TPSA) is 67.2 Å². The van der Waals surface area contributed by atoms with Gasteiger partial charge in [0.2, 0.25) is 0 Å². The number of ether oxygens (including phenoxy) is 1. The van der Waals surface area contributed by atoms with Crippen molar-refractivity contribution in [3.05, 3.63) is 51.9 Å². The molecule has 5 nitrogen and oxygen atoms in total.